The molecule has 0 radical (unpaired) electrons. The highest BCUT2D eigenvalue weighted by Gasteiger charge is 2.16. The van der Waals surface area contributed by atoms with E-state index in [1.807, 2.05) is 30.3 Å². The van der Waals surface area contributed by atoms with Crippen LogP contribution in [0.1, 0.15) is 17.4 Å². The van der Waals surface area contributed by atoms with Crippen LogP contribution in [0.5, 0.6) is 0 Å². The van der Waals surface area contributed by atoms with Crippen LogP contribution >= 0.6 is 15.9 Å². The summed E-state index contributed by atoms with van der Waals surface area (Å²) in [6, 6.07) is 13.2. The molecule has 0 spiro atoms. The molecule has 1 aromatic carbocycles. The second-order valence-electron chi connectivity index (χ2n) is 4.10. The van der Waals surface area contributed by atoms with Crippen LogP contribution in [0.15, 0.2) is 63.9 Å². The number of rotatable bonds is 3. The highest BCUT2D eigenvalue weighted by molar-refractivity contribution is 9.10. The van der Waals surface area contributed by atoms with Gasteiger partial charge in [0, 0.05) is 11.8 Å². The van der Waals surface area contributed by atoms with Crippen LogP contribution in [0.2, 0.25) is 0 Å². The number of hydrogen-bond acceptors (Lipinski definition) is 3. The molecule has 3 aromatic rings. The molecular weight excluding hydrogens is 308 g/mol. The standard InChI is InChI=1S/C14H11BrN2O2/c15-13-7-6-12(19-13)14(18)10-8-16-17(9-10)11-4-2-1-3-5-11/h1-9,14,18H. The third kappa shape index (κ3) is 2.47. The van der Waals surface area contributed by atoms with Gasteiger partial charge in [-0.05, 0) is 40.2 Å². The van der Waals surface area contributed by atoms with Crippen molar-refractivity contribution in [2.75, 3.05) is 0 Å². The third-order valence-corrected chi connectivity index (χ3v) is 3.23. The van der Waals surface area contributed by atoms with Gasteiger partial charge in [-0.3, -0.25) is 0 Å². The van der Waals surface area contributed by atoms with Crippen LogP contribution in [0.25, 0.3) is 5.69 Å². The smallest absolute Gasteiger partial charge is 0.169 e. The van der Waals surface area contributed by atoms with E-state index in [1.54, 1.807) is 29.2 Å². The summed E-state index contributed by atoms with van der Waals surface area (Å²) in [5.74, 6) is 0.486. The number of halogens is 1. The molecule has 0 amide bonds. The zero-order valence-corrected chi connectivity index (χ0v) is 11.5. The molecule has 0 saturated heterocycles. The highest BCUT2D eigenvalue weighted by Crippen LogP contribution is 2.26. The summed E-state index contributed by atoms with van der Waals surface area (Å²) in [6.07, 6.45) is 2.61. The van der Waals surface area contributed by atoms with E-state index in [4.69, 9.17) is 4.42 Å². The van der Waals surface area contributed by atoms with Crippen molar-refractivity contribution >= 4 is 15.9 Å². The van der Waals surface area contributed by atoms with Crippen LogP contribution < -0.4 is 0 Å². The Bertz CT molecular complexity index is 676. The lowest BCUT2D eigenvalue weighted by Gasteiger charge is -2.04. The van der Waals surface area contributed by atoms with E-state index in [1.165, 1.54) is 0 Å². The van der Waals surface area contributed by atoms with Crippen LogP contribution in [0.4, 0.5) is 0 Å². The van der Waals surface area contributed by atoms with Crippen molar-refractivity contribution in [2.24, 2.45) is 0 Å². The van der Waals surface area contributed by atoms with Crippen molar-refractivity contribution in [3.63, 3.8) is 0 Å². The van der Waals surface area contributed by atoms with Gasteiger partial charge >= 0.3 is 0 Å². The summed E-state index contributed by atoms with van der Waals surface area (Å²) < 4.78 is 7.66. The fourth-order valence-electron chi connectivity index (χ4n) is 1.84. The molecule has 0 fully saturated rings. The van der Waals surface area contributed by atoms with Crippen molar-refractivity contribution in [1.29, 1.82) is 0 Å². The Morgan fingerprint density at radius 2 is 1.95 bits per heavy atom. The molecule has 0 aliphatic heterocycles. The minimum atomic E-state index is -0.816. The quantitative estimate of drug-likeness (QED) is 0.806. The SMILES string of the molecule is OC(c1cnn(-c2ccccc2)c1)c1ccc(Br)o1. The third-order valence-electron chi connectivity index (χ3n) is 2.80. The molecule has 1 atom stereocenters. The molecule has 2 heterocycles. The molecule has 96 valence electrons. The van der Waals surface area contributed by atoms with E-state index in [0.717, 1.165) is 5.69 Å². The van der Waals surface area contributed by atoms with Gasteiger partial charge in [0.15, 0.2) is 4.67 Å². The zero-order chi connectivity index (χ0) is 13.2. The van der Waals surface area contributed by atoms with Gasteiger partial charge in [-0.25, -0.2) is 4.68 Å². The van der Waals surface area contributed by atoms with E-state index in [2.05, 4.69) is 21.0 Å². The fraction of sp³-hybridized carbons (Fsp3) is 0.0714. The molecule has 1 N–H and O–H groups in total. The molecule has 3 rings (SSSR count). The number of nitrogens with zero attached hydrogens (tertiary/aromatic N) is 2. The van der Waals surface area contributed by atoms with Gasteiger partial charge in [-0.15, -0.1) is 0 Å². The van der Waals surface area contributed by atoms with Crippen molar-refractivity contribution in [3.8, 4) is 5.69 Å². The summed E-state index contributed by atoms with van der Waals surface area (Å²) in [5, 5.41) is 14.4. The van der Waals surface area contributed by atoms with Gasteiger partial charge in [-0.1, -0.05) is 18.2 Å². The normalized spacial score (nSPS) is 12.5. The summed E-state index contributed by atoms with van der Waals surface area (Å²) in [4.78, 5) is 0. The summed E-state index contributed by atoms with van der Waals surface area (Å²) in [5.41, 5.74) is 1.63. The average Bonchev–Trinajstić information content (AvgIpc) is 3.08. The molecule has 1 unspecified atom stereocenters. The van der Waals surface area contributed by atoms with Gasteiger partial charge in [0.05, 0.1) is 11.9 Å². The topological polar surface area (TPSA) is 51.2 Å². The Morgan fingerprint density at radius 3 is 2.63 bits per heavy atom. The number of aromatic nitrogens is 2. The summed E-state index contributed by atoms with van der Waals surface area (Å²) in [6.45, 7) is 0. The van der Waals surface area contributed by atoms with Gasteiger partial charge in [0.25, 0.3) is 0 Å². The monoisotopic (exact) mass is 318 g/mol. The summed E-state index contributed by atoms with van der Waals surface area (Å²) in [7, 11) is 0. The van der Waals surface area contributed by atoms with Crippen LogP contribution in [0.3, 0.4) is 0 Å². The van der Waals surface area contributed by atoms with Crippen molar-refractivity contribution < 1.29 is 9.52 Å². The van der Waals surface area contributed by atoms with Gasteiger partial charge in [0.2, 0.25) is 0 Å². The van der Waals surface area contributed by atoms with E-state index in [-0.39, 0.29) is 0 Å². The van der Waals surface area contributed by atoms with E-state index >= 15 is 0 Å². The Kier molecular flexibility index (Phi) is 3.23. The molecule has 5 heteroatoms. The molecule has 19 heavy (non-hydrogen) atoms. The first-order valence-corrected chi connectivity index (χ1v) is 6.56. The van der Waals surface area contributed by atoms with Crippen molar-refractivity contribution in [3.05, 3.63) is 70.9 Å². The van der Waals surface area contributed by atoms with Crippen molar-refractivity contribution in [2.45, 2.75) is 6.10 Å². The maximum Gasteiger partial charge on any atom is 0.169 e. The fourth-order valence-corrected chi connectivity index (χ4v) is 2.16. The van der Waals surface area contributed by atoms with Crippen LogP contribution in [0, 0.1) is 0 Å². The lowest BCUT2D eigenvalue weighted by atomic mass is 10.1. The van der Waals surface area contributed by atoms with Crippen molar-refractivity contribution in [1.82, 2.24) is 9.78 Å². The minimum Gasteiger partial charge on any atom is -0.451 e. The number of hydrogen-bond donors (Lipinski definition) is 1. The number of aliphatic hydroxyl groups excluding tert-OH is 1. The Hall–Kier alpha value is -1.85. The Morgan fingerprint density at radius 1 is 1.16 bits per heavy atom. The number of furan rings is 1. The predicted molar refractivity (Wildman–Crippen MR) is 74.0 cm³/mol. The minimum absolute atomic E-state index is 0.486. The number of aliphatic hydroxyl groups is 1. The zero-order valence-electron chi connectivity index (χ0n) is 9.90. The first-order chi connectivity index (χ1) is 9.24. The molecule has 0 bridgehead atoms. The molecular formula is C14H11BrN2O2. The maximum atomic E-state index is 10.2. The van der Waals surface area contributed by atoms with Gasteiger partial charge in [-0.2, -0.15) is 5.10 Å². The van der Waals surface area contributed by atoms with Gasteiger partial charge in [0.1, 0.15) is 11.9 Å². The molecule has 2 aromatic heterocycles. The molecule has 0 aliphatic rings. The first kappa shape index (κ1) is 12.2. The first-order valence-electron chi connectivity index (χ1n) is 5.77. The second-order valence-corrected chi connectivity index (χ2v) is 4.88. The predicted octanol–water partition coefficient (Wildman–Crippen LogP) is 3.31. The Balaban J connectivity index is 1.89. The van der Waals surface area contributed by atoms with Crippen LogP contribution in [-0.2, 0) is 0 Å². The Labute approximate surface area is 118 Å². The second kappa shape index (κ2) is 5.03. The van der Waals surface area contributed by atoms with Crippen LogP contribution in [-0.4, -0.2) is 14.9 Å². The van der Waals surface area contributed by atoms with E-state index < -0.39 is 6.10 Å². The largest absolute Gasteiger partial charge is 0.451 e. The molecule has 4 nitrogen and oxygen atoms in total. The lowest BCUT2D eigenvalue weighted by molar-refractivity contribution is 0.187. The van der Waals surface area contributed by atoms with E-state index in [0.29, 0.717) is 16.0 Å². The molecule has 0 aliphatic carbocycles. The number of para-hydroxylation sites is 1. The average molecular weight is 319 g/mol. The number of benzene rings is 1. The van der Waals surface area contributed by atoms with Gasteiger partial charge < -0.3 is 9.52 Å². The van der Waals surface area contributed by atoms with E-state index in [9.17, 15) is 5.11 Å². The highest BCUT2D eigenvalue weighted by atomic mass is 79.9. The lowest BCUT2D eigenvalue weighted by Crippen LogP contribution is -1.97. The summed E-state index contributed by atoms with van der Waals surface area (Å²) >= 11 is 3.22. The maximum absolute atomic E-state index is 10.2. The molecule has 0 saturated carbocycles.